The first kappa shape index (κ1) is 34.7. The molecule has 4 aliphatic heterocycles. The number of β-amino-alcohol motifs (C(OH)–C–C–N with tert-alkyl or cyclic N) is 1. The van der Waals surface area contributed by atoms with Crippen molar-refractivity contribution in [3.8, 4) is 11.3 Å². The Morgan fingerprint density at radius 2 is 1.74 bits per heavy atom. The summed E-state index contributed by atoms with van der Waals surface area (Å²) in [6, 6.07) is 4.31. The fraction of sp³-hybridized carbons (Fsp3) is 0.688. The van der Waals surface area contributed by atoms with E-state index in [9.17, 15) is 31.5 Å². The summed E-state index contributed by atoms with van der Waals surface area (Å²) in [5.74, 6) is 0.761. The number of nitrogens with zero attached hydrogens (tertiary/aromatic N) is 6. The largest absolute Gasteiger partial charge is 0.417 e. The van der Waals surface area contributed by atoms with E-state index in [-0.39, 0.29) is 36.5 Å². The molecule has 0 saturated carbocycles. The highest BCUT2D eigenvalue weighted by molar-refractivity contribution is 7.99. The van der Waals surface area contributed by atoms with Crippen LogP contribution in [-0.4, -0.2) is 125 Å². The van der Waals surface area contributed by atoms with E-state index >= 15 is 0 Å². The zero-order valence-electron chi connectivity index (χ0n) is 26.9. The molecule has 10 nitrogen and oxygen atoms in total. The standard InChI is InChI=1S/C32H45F3N6O4S2/c1-47(44,45)39-16-10-28-26(22-39)31(23-6-7-27(32(33,34)35)29(19-23)46-18-17-37-11-2-3-12-37)36-41(28)21-25(42)20-38-14-8-24(9-15-38)40-13-4-5-30(40)43/h6-7,19,24-25,42H,2-5,8-18,20-22H2,1H3. The second-order valence-electron chi connectivity index (χ2n) is 13.3. The number of rotatable bonds is 11. The van der Waals surface area contributed by atoms with Gasteiger partial charge in [-0.3, -0.25) is 9.48 Å². The molecule has 5 heterocycles. The maximum Gasteiger partial charge on any atom is 0.417 e. The highest BCUT2D eigenvalue weighted by Crippen LogP contribution is 2.40. The molecule has 3 fully saturated rings. The van der Waals surface area contributed by atoms with Gasteiger partial charge in [-0.25, -0.2) is 8.42 Å². The lowest BCUT2D eigenvalue weighted by Gasteiger charge is -2.37. The number of halogens is 3. The number of hydrogen-bond donors (Lipinski definition) is 1. The summed E-state index contributed by atoms with van der Waals surface area (Å²) in [4.78, 5) is 18.8. The molecule has 47 heavy (non-hydrogen) atoms. The van der Waals surface area contributed by atoms with Crippen LogP contribution < -0.4 is 0 Å². The third kappa shape index (κ3) is 8.18. The van der Waals surface area contributed by atoms with Crippen molar-refractivity contribution in [3.05, 3.63) is 35.0 Å². The van der Waals surface area contributed by atoms with Crippen molar-refractivity contribution >= 4 is 27.7 Å². The van der Waals surface area contributed by atoms with Gasteiger partial charge in [-0.2, -0.15) is 22.6 Å². The number of aromatic nitrogens is 2. The number of carbonyl (C=O) groups excluding carboxylic acids is 1. The Bertz CT molecular complexity index is 1540. The Kier molecular flexibility index (Phi) is 10.6. The Labute approximate surface area is 279 Å². The predicted molar refractivity (Wildman–Crippen MR) is 174 cm³/mol. The normalized spacial score (nSPS) is 21.6. The van der Waals surface area contributed by atoms with Crippen LogP contribution in [0.3, 0.4) is 0 Å². The summed E-state index contributed by atoms with van der Waals surface area (Å²) in [6.45, 7) is 5.98. The van der Waals surface area contributed by atoms with Gasteiger partial charge in [0.25, 0.3) is 0 Å². The second-order valence-corrected chi connectivity index (χ2v) is 16.4. The van der Waals surface area contributed by atoms with Crippen molar-refractivity contribution in [1.82, 2.24) is 28.8 Å². The van der Waals surface area contributed by atoms with E-state index in [2.05, 4.69) is 9.80 Å². The number of benzene rings is 1. The van der Waals surface area contributed by atoms with Gasteiger partial charge in [-0.05, 0) is 57.3 Å². The van der Waals surface area contributed by atoms with E-state index in [0.29, 0.717) is 48.5 Å². The van der Waals surface area contributed by atoms with Gasteiger partial charge in [0.15, 0.2) is 0 Å². The molecular formula is C32H45F3N6O4S2. The Morgan fingerprint density at radius 1 is 1.00 bits per heavy atom. The average molecular weight is 699 g/mol. The fourth-order valence-corrected chi connectivity index (χ4v) is 9.38. The lowest BCUT2D eigenvalue weighted by atomic mass is 10.0. The minimum atomic E-state index is -4.51. The quantitative estimate of drug-likeness (QED) is 0.356. The molecule has 6 rings (SSSR count). The van der Waals surface area contributed by atoms with Crippen molar-refractivity contribution < 1.29 is 31.5 Å². The lowest BCUT2D eigenvalue weighted by Crippen LogP contribution is -2.47. The van der Waals surface area contributed by atoms with Crippen molar-refractivity contribution in [2.45, 2.75) is 81.3 Å². The maximum atomic E-state index is 14.1. The fourth-order valence-electron chi connectivity index (χ4n) is 7.47. The maximum absolute atomic E-state index is 14.1. The number of likely N-dealkylation sites (tertiary alicyclic amines) is 3. The van der Waals surface area contributed by atoms with Crippen LogP contribution in [0.1, 0.15) is 55.3 Å². The molecule has 1 N–H and O–H groups in total. The van der Waals surface area contributed by atoms with E-state index in [4.69, 9.17) is 5.10 Å². The van der Waals surface area contributed by atoms with Crippen LogP contribution in [-0.2, 0) is 40.5 Å². The Balaban J connectivity index is 1.21. The topological polar surface area (TPSA) is 102 Å². The third-order valence-corrected chi connectivity index (χ3v) is 12.2. The lowest BCUT2D eigenvalue weighted by molar-refractivity contribution is -0.139. The van der Waals surface area contributed by atoms with Gasteiger partial charge in [0.05, 0.1) is 30.2 Å². The van der Waals surface area contributed by atoms with Crippen LogP contribution in [0.5, 0.6) is 0 Å². The molecule has 1 unspecified atom stereocenters. The zero-order chi connectivity index (χ0) is 33.3. The number of alkyl halides is 3. The van der Waals surface area contributed by atoms with E-state index < -0.39 is 27.9 Å². The number of sulfonamides is 1. The van der Waals surface area contributed by atoms with Crippen LogP contribution in [0.2, 0.25) is 0 Å². The third-order valence-electron chi connectivity index (χ3n) is 9.95. The average Bonchev–Trinajstić information content (AvgIpc) is 3.77. The van der Waals surface area contributed by atoms with Gasteiger partial charge in [0, 0.05) is 92.2 Å². The van der Waals surface area contributed by atoms with E-state index in [0.717, 1.165) is 82.8 Å². The van der Waals surface area contributed by atoms with Crippen LogP contribution in [0.25, 0.3) is 11.3 Å². The minimum Gasteiger partial charge on any atom is -0.390 e. The number of thioether (sulfide) groups is 1. The molecule has 0 radical (unpaired) electrons. The number of fused-ring (bicyclic) bond motifs is 1. The van der Waals surface area contributed by atoms with Gasteiger partial charge < -0.3 is 19.8 Å². The molecule has 15 heteroatoms. The first-order valence-corrected chi connectivity index (χ1v) is 19.5. The Hall–Kier alpha value is -2.17. The molecule has 0 bridgehead atoms. The smallest absolute Gasteiger partial charge is 0.390 e. The van der Waals surface area contributed by atoms with Gasteiger partial charge in [0.1, 0.15) is 0 Å². The van der Waals surface area contributed by atoms with E-state index in [1.54, 1.807) is 4.68 Å². The molecule has 3 saturated heterocycles. The number of aliphatic hydroxyl groups excluding tert-OH is 1. The highest BCUT2D eigenvalue weighted by atomic mass is 32.2. The van der Waals surface area contributed by atoms with Crippen LogP contribution in [0.4, 0.5) is 13.2 Å². The molecular weight excluding hydrogens is 654 g/mol. The summed E-state index contributed by atoms with van der Waals surface area (Å²) < 4.78 is 70.3. The second kappa shape index (κ2) is 14.4. The molecule has 0 spiro atoms. The highest BCUT2D eigenvalue weighted by Gasteiger charge is 2.36. The van der Waals surface area contributed by atoms with Crippen molar-refractivity contribution in [2.75, 3.05) is 64.4 Å². The molecule has 1 aromatic carbocycles. The molecule has 260 valence electrons. The molecule has 1 aromatic heterocycles. The Morgan fingerprint density at radius 3 is 2.40 bits per heavy atom. The van der Waals surface area contributed by atoms with E-state index in [1.165, 1.54) is 28.2 Å². The van der Waals surface area contributed by atoms with Crippen LogP contribution >= 0.6 is 11.8 Å². The first-order chi connectivity index (χ1) is 22.4. The predicted octanol–water partition coefficient (Wildman–Crippen LogP) is 3.52. The summed E-state index contributed by atoms with van der Waals surface area (Å²) in [5.41, 5.74) is 1.73. The molecule has 1 atom stereocenters. The number of piperidine rings is 1. The molecule has 1 amide bonds. The summed E-state index contributed by atoms with van der Waals surface area (Å²) in [7, 11) is -3.51. The zero-order valence-corrected chi connectivity index (χ0v) is 28.6. The molecule has 4 aliphatic rings. The number of hydrogen-bond acceptors (Lipinski definition) is 8. The molecule has 0 aliphatic carbocycles. The first-order valence-electron chi connectivity index (χ1n) is 16.7. The SMILES string of the molecule is CS(=O)(=O)N1CCc2c(c(-c3ccc(C(F)(F)F)c(SCCN4CCCC4)c3)nn2CC(O)CN2CCC(N3CCCC3=O)CC2)C1. The minimum absolute atomic E-state index is 0.0702. The van der Waals surface area contributed by atoms with Gasteiger partial charge in [0.2, 0.25) is 15.9 Å². The van der Waals surface area contributed by atoms with Crippen molar-refractivity contribution in [1.29, 1.82) is 0 Å². The van der Waals surface area contributed by atoms with E-state index in [1.807, 2.05) is 4.90 Å². The van der Waals surface area contributed by atoms with Gasteiger partial charge in [-0.15, -0.1) is 11.8 Å². The van der Waals surface area contributed by atoms with Crippen LogP contribution in [0.15, 0.2) is 23.1 Å². The number of carbonyl (C=O) groups is 1. The van der Waals surface area contributed by atoms with Crippen molar-refractivity contribution in [3.63, 3.8) is 0 Å². The van der Waals surface area contributed by atoms with Gasteiger partial charge in [-0.1, -0.05) is 6.07 Å². The monoisotopic (exact) mass is 698 g/mol. The summed E-state index contributed by atoms with van der Waals surface area (Å²) in [5, 5.41) is 16.0. The summed E-state index contributed by atoms with van der Waals surface area (Å²) in [6.07, 6.45) is 1.78. The number of aliphatic hydroxyl groups is 1. The van der Waals surface area contributed by atoms with Crippen molar-refractivity contribution in [2.24, 2.45) is 0 Å². The summed E-state index contributed by atoms with van der Waals surface area (Å²) >= 11 is 1.19. The van der Waals surface area contributed by atoms with Gasteiger partial charge >= 0.3 is 6.18 Å². The molecule has 2 aromatic rings. The van der Waals surface area contributed by atoms with Crippen LogP contribution in [0, 0.1) is 0 Å². The number of amides is 1.